The van der Waals surface area contributed by atoms with E-state index in [0.29, 0.717) is 4.90 Å². The maximum Gasteiger partial charge on any atom is 0.243 e. The lowest BCUT2D eigenvalue weighted by atomic mass is 10.4. The molecule has 5 heteroatoms. The van der Waals surface area contributed by atoms with Crippen LogP contribution in [-0.4, -0.2) is 37.0 Å². The summed E-state index contributed by atoms with van der Waals surface area (Å²) in [6.45, 7) is 0.0461. The molecule has 0 saturated heterocycles. The Balaban J connectivity index is 2.29. The molecule has 0 aromatic heterocycles. The van der Waals surface area contributed by atoms with Crippen molar-refractivity contribution in [3.05, 3.63) is 30.3 Å². The van der Waals surface area contributed by atoms with E-state index in [4.69, 9.17) is 5.11 Å². The van der Waals surface area contributed by atoms with Gasteiger partial charge in [-0.1, -0.05) is 18.2 Å². The van der Waals surface area contributed by atoms with Crippen LogP contribution in [-0.2, 0) is 10.0 Å². The van der Waals surface area contributed by atoms with Gasteiger partial charge in [-0.2, -0.15) is 4.31 Å². The Labute approximate surface area is 95.6 Å². The van der Waals surface area contributed by atoms with Crippen LogP contribution in [0, 0.1) is 0 Å². The number of aliphatic hydroxyl groups is 1. The smallest absolute Gasteiger partial charge is 0.243 e. The molecule has 0 bridgehead atoms. The molecule has 0 aliphatic heterocycles. The fourth-order valence-electron chi connectivity index (χ4n) is 1.69. The van der Waals surface area contributed by atoms with Gasteiger partial charge in [-0.15, -0.1) is 0 Å². The zero-order chi connectivity index (χ0) is 11.6. The van der Waals surface area contributed by atoms with E-state index in [9.17, 15) is 8.42 Å². The lowest BCUT2D eigenvalue weighted by Crippen LogP contribution is -2.35. The lowest BCUT2D eigenvalue weighted by molar-refractivity contribution is 0.250. The summed E-state index contributed by atoms with van der Waals surface area (Å²) in [5.74, 6) is 0. The number of benzene rings is 1. The second-order valence-electron chi connectivity index (χ2n) is 3.88. The summed E-state index contributed by atoms with van der Waals surface area (Å²) >= 11 is 0. The molecule has 2 rings (SSSR count). The first-order valence-corrected chi connectivity index (χ1v) is 6.78. The number of aliphatic hydroxyl groups excluding tert-OH is 1. The van der Waals surface area contributed by atoms with Crippen LogP contribution in [0.25, 0.3) is 0 Å². The molecule has 16 heavy (non-hydrogen) atoms. The van der Waals surface area contributed by atoms with Crippen LogP contribution in [0.2, 0.25) is 0 Å². The largest absolute Gasteiger partial charge is 0.395 e. The van der Waals surface area contributed by atoms with Crippen LogP contribution < -0.4 is 0 Å². The summed E-state index contributed by atoms with van der Waals surface area (Å²) in [5, 5.41) is 8.92. The van der Waals surface area contributed by atoms with Crippen LogP contribution in [0.3, 0.4) is 0 Å². The van der Waals surface area contributed by atoms with Gasteiger partial charge in [-0.25, -0.2) is 8.42 Å². The monoisotopic (exact) mass is 241 g/mol. The van der Waals surface area contributed by atoms with E-state index in [1.54, 1.807) is 30.3 Å². The number of hydrogen-bond acceptors (Lipinski definition) is 3. The lowest BCUT2D eigenvalue weighted by Gasteiger charge is -2.20. The molecule has 1 aromatic rings. The average molecular weight is 241 g/mol. The van der Waals surface area contributed by atoms with E-state index in [2.05, 4.69) is 0 Å². The Morgan fingerprint density at radius 1 is 1.25 bits per heavy atom. The summed E-state index contributed by atoms with van der Waals surface area (Å²) in [6.07, 6.45) is 1.79. The Morgan fingerprint density at radius 3 is 2.38 bits per heavy atom. The minimum Gasteiger partial charge on any atom is -0.395 e. The van der Waals surface area contributed by atoms with Gasteiger partial charge in [0.15, 0.2) is 0 Å². The molecule has 0 radical (unpaired) electrons. The van der Waals surface area contributed by atoms with Crippen molar-refractivity contribution in [2.75, 3.05) is 13.2 Å². The van der Waals surface area contributed by atoms with E-state index < -0.39 is 10.0 Å². The third kappa shape index (κ3) is 2.26. The molecule has 0 unspecified atom stereocenters. The first-order chi connectivity index (χ1) is 7.66. The molecule has 0 amide bonds. The summed E-state index contributed by atoms with van der Waals surface area (Å²) in [5.41, 5.74) is 0. The van der Waals surface area contributed by atoms with E-state index >= 15 is 0 Å². The SMILES string of the molecule is O=S(=O)(c1ccccc1)N(CCO)C1CC1. The molecule has 88 valence electrons. The molecule has 1 fully saturated rings. The molecule has 1 aliphatic carbocycles. The van der Waals surface area contributed by atoms with Crippen LogP contribution in [0.15, 0.2) is 35.2 Å². The number of hydrogen-bond donors (Lipinski definition) is 1. The first kappa shape index (κ1) is 11.6. The van der Waals surface area contributed by atoms with E-state index in [1.165, 1.54) is 4.31 Å². The number of sulfonamides is 1. The van der Waals surface area contributed by atoms with Crippen LogP contribution in [0.1, 0.15) is 12.8 Å². The van der Waals surface area contributed by atoms with Crippen LogP contribution in [0.4, 0.5) is 0 Å². The highest BCUT2D eigenvalue weighted by atomic mass is 32.2. The molecule has 0 heterocycles. The maximum atomic E-state index is 12.2. The van der Waals surface area contributed by atoms with Gasteiger partial charge in [0.1, 0.15) is 0 Å². The van der Waals surface area contributed by atoms with Gasteiger partial charge >= 0.3 is 0 Å². The van der Waals surface area contributed by atoms with Crippen LogP contribution >= 0.6 is 0 Å². The Hall–Kier alpha value is -0.910. The molecule has 0 atom stereocenters. The van der Waals surface area contributed by atoms with Gasteiger partial charge in [0.05, 0.1) is 11.5 Å². The van der Waals surface area contributed by atoms with Gasteiger partial charge in [-0.05, 0) is 25.0 Å². The first-order valence-electron chi connectivity index (χ1n) is 5.34. The van der Waals surface area contributed by atoms with Crippen molar-refractivity contribution in [1.29, 1.82) is 0 Å². The van der Waals surface area contributed by atoms with E-state index in [0.717, 1.165) is 12.8 Å². The highest BCUT2D eigenvalue weighted by Gasteiger charge is 2.37. The average Bonchev–Trinajstić information content (AvgIpc) is 3.11. The molecule has 1 aromatic carbocycles. The summed E-state index contributed by atoms with van der Waals surface area (Å²) < 4.78 is 25.8. The van der Waals surface area contributed by atoms with Crippen molar-refractivity contribution in [2.24, 2.45) is 0 Å². The summed E-state index contributed by atoms with van der Waals surface area (Å²) in [4.78, 5) is 0.301. The Morgan fingerprint density at radius 2 is 1.88 bits per heavy atom. The van der Waals surface area contributed by atoms with Crippen LogP contribution in [0.5, 0.6) is 0 Å². The Bertz CT molecular complexity index is 440. The van der Waals surface area contributed by atoms with Gasteiger partial charge in [-0.3, -0.25) is 0 Å². The van der Waals surface area contributed by atoms with Crippen molar-refractivity contribution in [3.63, 3.8) is 0 Å². The molecule has 0 spiro atoms. The molecule has 4 nitrogen and oxygen atoms in total. The fourth-order valence-corrected chi connectivity index (χ4v) is 3.39. The minimum atomic E-state index is -3.43. The standard InChI is InChI=1S/C11H15NO3S/c13-9-8-12(10-6-7-10)16(14,15)11-4-2-1-3-5-11/h1-5,10,13H,6-9H2. The van der Waals surface area contributed by atoms with Crippen molar-refractivity contribution in [1.82, 2.24) is 4.31 Å². The quantitative estimate of drug-likeness (QED) is 0.830. The fraction of sp³-hybridized carbons (Fsp3) is 0.455. The van der Waals surface area contributed by atoms with Gasteiger partial charge in [0, 0.05) is 12.6 Å². The molecular formula is C11H15NO3S. The second-order valence-corrected chi connectivity index (χ2v) is 5.77. The van der Waals surface area contributed by atoms with Crippen molar-refractivity contribution < 1.29 is 13.5 Å². The van der Waals surface area contributed by atoms with E-state index in [-0.39, 0.29) is 19.2 Å². The number of nitrogens with zero attached hydrogens (tertiary/aromatic N) is 1. The predicted octanol–water partition coefficient (Wildman–Crippen LogP) is 0.832. The molecule has 1 aliphatic rings. The van der Waals surface area contributed by atoms with Crippen molar-refractivity contribution in [3.8, 4) is 0 Å². The predicted molar refractivity (Wildman–Crippen MR) is 60.4 cm³/mol. The molecular weight excluding hydrogens is 226 g/mol. The normalized spacial score (nSPS) is 16.6. The summed E-state index contributed by atoms with van der Waals surface area (Å²) in [6, 6.07) is 8.45. The molecule has 1 saturated carbocycles. The molecule has 1 N–H and O–H groups in total. The third-order valence-electron chi connectivity index (χ3n) is 2.62. The van der Waals surface area contributed by atoms with Gasteiger partial charge in [0.25, 0.3) is 0 Å². The second kappa shape index (κ2) is 4.53. The number of rotatable bonds is 5. The van der Waals surface area contributed by atoms with Gasteiger partial charge in [0.2, 0.25) is 10.0 Å². The van der Waals surface area contributed by atoms with Crippen molar-refractivity contribution >= 4 is 10.0 Å². The van der Waals surface area contributed by atoms with Gasteiger partial charge < -0.3 is 5.11 Å². The van der Waals surface area contributed by atoms with Crippen molar-refractivity contribution in [2.45, 2.75) is 23.8 Å². The zero-order valence-electron chi connectivity index (χ0n) is 8.91. The third-order valence-corrected chi connectivity index (χ3v) is 4.59. The minimum absolute atomic E-state index is 0.0809. The highest BCUT2D eigenvalue weighted by molar-refractivity contribution is 7.89. The van der Waals surface area contributed by atoms with E-state index in [1.807, 2.05) is 0 Å². The summed E-state index contributed by atoms with van der Waals surface area (Å²) in [7, 11) is -3.43. The topological polar surface area (TPSA) is 57.6 Å². The Kier molecular flexibility index (Phi) is 3.28. The maximum absolute atomic E-state index is 12.2. The zero-order valence-corrected chi connectivity index (χ0v) is 9.73. The highest BCUT2D eigenvalue weighted by Crippen LogP contribution is 2.31.